The third kappa shape index (κ3) is 6.74. The number of anilines is 1. The molecule has 200 valence electrons. The van der Waals surface area contributed by atoms with Crippen LogP contribution in [-0.4, -0.2) is 74.2 Å². The van der Waals surface area contributed by atoms with Gasteiger partial charge in [-0.1, -0.05) is 23.2 Å². The molecule has 0 aliphatic carbocycles. The molecule has 12 nitrogen and oxygen atoms in total. The average Bonchev–Trinajstić information content (AvgIpc) is 3.20. The highest BCUT2D eigenvalue weighted by atomic mass is 35.5. The highest BCUT2D eigenvalue weighted by molar-refractivity contribution is 8.00. The largest absolute Gasteiger partial charge is 0.477 e. The number of carboxylic acid groups (broad SMARTS) is 1. The number of hydrogen-bond donors (Lipinski definition) is 3. The summed E-state index contributed by atoms with van der Waals surface area (Å²) in [5.74, 6) is -3.27. The van der Waals surface area contributed by atoms with Crippen molar-refractivity contribution in [2.75, 3.05) is 17.7 Å². The smallest absolute Gasteiger partial charge is 0.413 e. The van der Waals surface area contributed by atoms with Gasteiger partial charge in [0.05, 0.1) is 11.3 Å². The number of carbonyl (C=O) groups excluding carboxylic acids is 4. The Morgan fingerprint density at radius 1 is 1.27 bits per heavy atom. The quantitative estimate of drug-likeness (QED) is 0.243. The number of carboxylic acids is 1. The molecule has 2 aliphatic heterocycles. The van der Waals surface area contributed by atoms with Crippen LogP contribution in [0.1, 0.15) is 33.4 Å². The van der Waals surface area contributed by atoms with E-state index in [9.17, 15) is 29.1 Å². The van der Waals surface area contributed by atoms with Gasteiger partial charge < -0.3 is 19.9 Å². The van der Waals surface area contributed by atoms with Crippen molar-refractivity contribution in [2.45, 2.75) is 44.7 Å². The SMILES string of the molecule is CC(=O)OCC1=C(C(=O)O)N2C(=O)C(NC(=O)C(=C(Cl)Cl)c3csc(NC(=O)OC(C)(C)C)n3)[C@H]2SC1. The minimum absolute atomic E-state index is 0.0447. The topological polar surface area (TPSA) is 164 Å². The Morgan fingerprint density at radius 2 is 1.95 bits per heavy atom. The second-order valence-corrected chi connectivity index (χ2v) is 11.6. The fraction of sp³-hybridized carbons (Fsp3) is 0.429. The van der Waals surface area contributed by atoms with E-state index in [0.29, 0.717) is 0 Å². The summed E-state index contributed by atoms with van der Waals surface area (Å²) in [6, 6.07) is -1.07. The Hall–Kier alpha value is -2.81. The molecule has 3 heterocycles. The predicted molar refractivity (Wildman–Crippen MR) is 137 cm³/mol. The molecule has 1 aromatic rings. The lowest BCUT2D eigenvalue weighted by Gasteiger charge is -2.49. The van der Waals surface area contributed by atoms with E-state index >= 15 is 0 Å². The van der Waals surface area contributed by atoms with E-state index in [-0.39, 0.29) is 40.0 Å². The minimum atomic E-state index is -1.36. The molecule has 3 N–H and O–H groups in total. The lowest BCUT2D eigenvalue weighted by Crippen LogP contribution is -2.70. The van der Waals surface area contributed by atoms with E-state index in [1.54, 1.807) is 20.8 Å². The molecule has 0 radical (unpaired) electrons. The number of β-lactam (4-membered cyclic amide) rings is 1. The summed E-state index contributed by atoms with van der Waals surface area (Å²) >= 11 is 14.1. The Labute approximate surface area is 229 Å². The first-order valence-corrected chi connectivity index (χ1v) is 13.2. The minimum Gasteiger partial charge on any atom is -0.477 e. The number of hydrogen-bond acceptors (Lipinski definition) is 10. The normalized spacial score (nSPS) is 18.9. The van der Waals surface area contributed by atoms with E-state index in [2.05, 4.69) is 15.6 Å². The first-order valence-electron chi connectivity index (χ1n) is 10.5. The Bertz CT molecular complexity index is 1220. The van der Waals surface area contributed by atoms with Gasteiger partial charge in [-0.25, -0.2) is 14.6 Å². The van der Waals surface area contributed by atoms with Gasteiger partial charge in [0.2, 0.25) is 0 Å². The number of ether oxygens (including phenoxy) is 2. The molecule has 1 unspecified atom stereocenters. The second-order valence-electron chi connectivity index (χ2n) is 8.70. The van der Waals surface area contributed by atoms with Gasteiger partial charge in [-0.15, -0.1) is 23.1 Å². The highest BCUT2D eigenvalue weighted by Crippen LogP contribution is 2.41. The van der Waals surface area contributed by atoms with Crippen molar-refractivity contribution >= 4 is 86.9 Å². The Balaban J connectivity index is 1.73. The number of nitrogens with zero attached hydrogens (tertiary/aromatic N) is 2. The van der Waals surface area contributed by atoms with Crippen LogP contribution in [0.25, 0.3) is 5.57 Å². The summed E-state index contributed by atoms with van der Waals surface area (Å²) < 4.78 is 9.63. The molecule has 1 saturated heterocycles. The predicted octanol–water partition coefficient (Wildman–Crippen LogP) is 2.94. The Kier molecular flexibility index (Phi) is 8.78. The van der Waals surface area contributed by atoms with Crippen molar-refractivity contribution in [1.82, 2.24) is 15.2 Å². The van der Waals surface area contributed by atoms with Gasteiger partial charge in [0, 0.05) is 23.6 Å². The van der Waals surface area contributed by atoms with Gasteiger partial charge >= 0.3 is 18.0 Å². The number of halogens is 2. The van der Waals surface area contributed by atoms with Crippen LogP contribution in [-0.2, 0) is 28.7 Å². The van der Waals surface area contributed by atoms with Crippen LogP contribution in [0.4, 0.5) is 9.93 Å². The van der Waals surface area contributed by atoms with Crippen molar-refractivity contribution in [2.24, 2.45) is 0 Å². The van der Waals surface area contributed by atoms with Crippen molar-refractivity contribution in [3.8, 4) is 0 Å². The fourth-order valence-electron chi connectivity index (χ4n) is 3.33. The maximum Gasteiger partial charge on any atom is 0.413 e. The van der Waals surface area contributed by atoms with Crippen molar-refractivity contribution in [3.05, 3.63) is 26.8 Å². The number of nitrogens with one attached hydrogen (secondary N) is 2. The Morgan fingerprint density at radius 3 is 2.51 bits per heavy atom. The summed E-state index contributed by atoms with van der Waals surface area (Å²) in [5, 5.41) is 15.5. The van der Waals surface area contributed by atoms with E-state index < -0.39 is 51.4 Å². The zero-order valence-electron chi connectivity index (χ0n) is 19.9. The zero-order chi connectivity index (χ0) is 27.7. The standard InChI is InChI=1S/C21H22Cl2N4O8S2/c1-8(28)34-5-9-6-36-17-12(16(30)27(17)13(9)18(31)32)25-15(29)11(14(22)23)10-7-37-19(24-10)26-20(33)35-21(2,3)4/h7,12,17H,5-6H2,1-4H3,(H,25,29)(H,31,32)(H,24,26,33)/t12?,17-/m1/s1. The molecule has 2 atom stereocenters. The first kappa shape index (κ1) is 28.8. The molecule has 0 bridgehead atoms. The van der Waals surface area contributed by atoms with Gasteiger partial charge in [0.25, 0.3) is 11.8 Å². The number of rotatable bonds is 7. The van der Waals surface area contributed by atoms with Crippen LogP contribution in [0, 0.1) is 0 Å². The lowest BCUT2D eigenvalue weighted by atomic mass is 10.0. The number of fused-ring (bicyclic) bond motifs is 1. The molecular weight excluding hydrogens is 571 g/mol. The van der Waals surface area contributed by atoms with Crippen LogP contribution < -0.4 is 10.6 Å². The van der Waals surface area contributed by atoms with Crippen molar-refractivity contribution in [3.63, 3.8) is 0 Å². The molecule has 2 aliphatic rings. The molecule has 0 saturated carbocycles. The summed E-state index contributed by atoms with van der Waals surface area (Å²) in [7, 11) is 0. The van der Waals surface area contributed by atoms with E-state index in [1.807, 2.05) is 0 Å². The third-order valence-corrected chi connectivity index (χ3v) is 7.25. The van der Waals surface area contributed by atoms with Gasteiger partial charge in [0.1, 0.15) is 33.8 Å². The number of carbonyl (C=O) groups is 5. The second kappa shape index (κ2) is 11.3. The number of esters is 1. The lowest BCUT2D eigenvalue weighted by molar-refractivity contribution is -0.150. The summed E-state index contributed by atoms with van der Waals surface area (Å²) in [6.07, 6.45) is -0.745. The van der Waals surface area contributed by atoms with Crippen LogP contribution >= 0.6 is 46.3 Å². The van der Waals surface area contributed by atoms with Crippen molar-refractivity contribution < 1.29 is 38.6 Å². The number of amides is 3. The number of aromatic nitrogens is 1. The van der Waals surface area contributed by atoms with Crippen LogP contribution in [0.2, 0.25) is 0 Å². The molecule has 1 aromatic heterocycles. The zero-order valence-corrected chi connectivity index (χ0v) is 23.1. The molecule has 0 aromatic carbocycles. The summed E-state index contributed by atoms with van der Waals surface area (Å²) in [4.78, 5) is 66.0. The molecule has 0 spiro atoms. The third-order valence-electron chi connectivity index (χ3n) is 4.77. The van der Waals surface area contributed by atoms with Gasteiger partial charge in [-0.3, -0.25) is 24.6 Å². The maximum atomic E-state index is 13.0. The van der Waals surface area contributed by atoms with Gasteiger partial charge in [-0.05, 0) is 20.8 Å². The molecule has 3 amide bonds. The molecular formula is C21H22Cl2N4O8S2. The summed E-state index contributed by atoms with van der Waals surface area (Å²) in [6.45, 7) is 6.01. The average molecular weight is 593 g/mol. The number of thiazole rings is 1. The fourth-order valence-corrected chi connectivity index (χ4v) is 5.71. The molecule has 3 rings (SSSR count). The number of aliphatic carboxylic acids is 1. The maximum absolute atomic E-state index is 13.0. The van der Waals surface area contributed by atoms with Crippen molar-refractivity contribution in [1.29, 1.82) is 0 Å². The number of thioether (sulfide) groups is 1. The van der Waals surface area contributed by atoms with E-state index in [4.69, 9.17) is 32.7 Å². The van der Waals surface area contributed by atoms with E-state index in [0.717, 1.165) is 16.2 Å². The first-order chi connectivity index (χ1) is 17.2. The molecule has 1 fully saturated rings. The van der Waals surface area contributed by atoms with Crippen LogP contribution in [0.15, 0.2) is 21.1 Å². The molecule has 16 heteroatoms. The summed E-state index contributed by atoms with van der Waals surface area (Å²) in [5.41, 5.74) is -0.953. The highest BCUT2D eigenvalue weighted by Gasteiger charge is 2.54. The van der Waals surface area contributed by atoms with Crippen LogP contribution in [0.5, 0.6) is 0 Å². The monoisotopic (exact) mass is 592 g/mol. The van der Waals surface area contributed by atoms with E-state index in [1.165, 1.54) is 24.1 Å². The van der Waals surface area contributed by atoms with Gasteiger partial charge in [0.15, 0.2) is 5.13 Å². The van der Waals surface area contributed by atoms with Crippen LogP contribution in [0.3, 0.4) is 0 Å². The van der Waals surface area contributed by atoms with Gasteiger partial charge in [-0.2, -0.15) is 0 Å². The molecule has 37 heavy (non-hydrogen) atoms.